The fourth-order valence-electron chi connectivity index (χ4n) is 2.54. The maximum atomic E-state index is 12.6. The lowest BCUT2D eigenvalue weighted by Crippen LogP contribution is -2.30. The summed E-state index contributed by atoms with van der Waals surface area (Å²) in [6.07, 6.45) is 0. The Hall–Kier alpha value is -2.94. The van der Waals surface area contributed by atoms with Crippen molar-refractivity contribution in [2.75, 3.05) is 25.6 Å². The molecule has 1 aliphatic heterocycles. The number of rotatable bonds is 5. The summed E-state index contributed by atoms with van der Waals surface area (Å²) in [4.78, 5) is 12.6. The van der Waals surface area contributed by atoms with E-state index in [0.717, 1.165) is 5.56 Å². The summed E-state index contributed by atoms with van der Waals surface area (Å²) in [5.74, 6) is 0.0878. The Morgan fingerprint density at radius 1 is 1.33 bits per heavy atom. The van der Waals surface area contributed by atoms with Gasteiger partial charge in [-0.05, 0) is 35.0 Å². The summed E-state index contributed by atoms with van der Waals surface area (Å²) in [6, 6.07) is 5.97. The number of phenolic OH excluding ortho intramolecular Hbond substituents is 1. The van der Waals surface area contributed by atoms with Crippen LogP contribution in [0.4, 0.5) is 5.95 Å². The van der Waals surface area contributed by atoms with Crippen molar-refractivity contribution < 1.29 is 19.4 Å². The fraction of sp³-hybridized carbons (Fsp3) is 0.333. The second kappa shape index (κ2) is 6.67. The molecule has 0 saturated heterocycles. The van der Waals surface area contributed by atoms with Gasteiger partial charge in [0.05, 0.1) is 12.2 Å². The third-order valence-electron chi connectivity index (χ3n) is 3.66. The molecule has 2 N–H and O–H groups in total. The lowest BCUT2D eigenvalue weighted by molar-refractivity contribution is -0.140. The van der Waals surface area contributed by atoms with Crippen LogP contribution in [0.3, 0.4) is 0 Å². The molecule has 0 aliphatic carbocycles. The zero-order valence-electron chi connectivity index (χ0n) is 13.3. The van der Waals surface area contributed by atoms with E-state index in [0.29, 0.717) is 23.8 Å². The number of benzene rings is 1. The van der Waals surface area contributed by atoms with Crippen LogP contribution in [0.15, 0.2) is 35.5 Å². The van der Waals surface area contributed by atoms with Gasteiger partial charge in [-0.1, -0.05) is 17.2 Å². The number of carbonyl (C=O) groups excluding carboxylic acids is 1. The van der Waals surface area contributed by atoms with Crippen molar-refractivity contribution in [3.05, 3.63) is 41.1 Å². The van der Waals surface area contributed by atoms with Crippen molar-refractivity contribution >= 4 is 11.9 Å². The topological polar surface area (TPSA) is 111 Å². The number of fused-ring (bicyclic) bond motifs is 1. The van der Waals surface area contributed by atoms with Gasteiger partial charge in [-0.3, -0.25) is 0 Å². The lowest BCUT2D eigenvalue weighted by atomic mass is 9.96. The molecule has 126 valence electrons. The minimum absolute atomic E-state index is 0.134. The average molecular weight is 331 g/mol. The smallest absolute Gasteiger partial charge is 0.338 e. The van der Waals surface area contributed by atoms with Gasteiger partial charge in [0.2, 0.25) is 5.95 Å². The maximum absolute atomic E-state index is 12.6. The minimum Gasteiger partial charge on any atom is -0.508 e. The van der Waals surface area contributed by atoms with Gasteiger partial charge in [0.15, 0.2) is 0 Å². The Morgan fingerprint density at radius 2 is 2.08 bits per heavy atom. The zero-order chi connectivity index (χ0) is 17.1. The number of tetrazole rings is 1. The number of aromatic nitrogens is 4. The number of hydrogen-bond donors (Lipinski definition) is 2. The molecular weight excluding hydrogens is 314 g/mol. The molecule has 1 unspecified atom stereocenters. The second-order valence-electron chi connectivity index (χ2n) is 5.23. The molecule has 2 aromatic rings. The first-order valence-corrected chi connectivity index (χ1v) is 7.32. The molecule has 9 nitrogen and oxygen atoms in total. The molecular formula is C15H17N5O4. The zero-order valence-corrected chi connectivity index (χ0v) is 13.3. The quantitative estimate of drug-likeness (QED) is 0.613. The molecule has 1 aromatic carbocycles. The van der Waals surface area contributed by atoms with Crippen LogP contribution in [0.1, 0.15) is 18.5 Å². The van der Waals surface area contributed by atoms with Crippen LogP contribution >= 0.6 is 0 Å². The fourth-order valence-corrected chi connectivity index (χ4v) is 2.54. The molecule has 1 atom stereocenters. The molecule has 0 radical (unpaired) electrons. The number of esters is 1. The van der Waals surface area contributed by atoms with Gasteiger partial charge >= 0.3 is 5.97 Å². The number of ether oxygens (including phenoxy) is 2. The monoisotopic (exact) mass is 331 g/mol. The number of anilines is 1. The standard InChI is InChI=1S/C15H17N5O4/c1-9-12(14(22)24-8-7-23-2)13(10-3-5-11(21)6-4-10)20-15(16-9)17-18-19-20/h3-6,13,21H,7-8H2,1-2H3,(H,16,17,19). The van der Waals surface area contributed by atoms with Gasteiger partial charge in [-0.15, -0.1) is 0 Å². The van der Waals surface area contributed by atoms with Gasteiger partial charge in [0, 0.05) is 12.8 Å². The van der Waals surface area contributed by atoms with Gasteiger partial charge < -0.3 is 19.9 Å². The lowest BCUT2D eigenvalue weighted by Gasteiger charge is -2.27. The molecule has 0 fully saturated rings. The molecule has 24 heavy (non-hydrogen) atoms. The summed E-state index contributed by atoms with van der Waals surface area (Å²) in [6.45, 7) is 2.22. The van der Waals surface area contributed by atoms with Crippen LogP contribution < -0.4 is 5.32 Å². The van der Waals surface area contributed by atoms with Crippen molar-refractivity contribution in [2.24, 2.45) is 0 Å². The number of aromatic hydroxyl groups is 1. The summed E-state index contributed by atoms with van der Waals surface area (Å²) in [5, 5.41) is 24.0. The molecule has 0 amide bonds. The summed E-state index contributed by atoms with van der Waals surface area (Å²) in [7, 11) is 1.53. The largest absolute Gasteiger partial charge is 0.508 e. The minimum atomic E-state index is -0.549. The average Bonchev–Trinajstić information content (AvgIpc) is 3.02. The number of carbonyl (C=O) groups is 1. The molecule has 1 aliphatic rings. The van der Waals surface area contributed by atoms with Crippen LogP contribution in [0.2, 0.25) is 0 Å². The van der Waals surface area contributed by atoms with E-state index >= 15 is 0 Å². The molecule has 3 rings (SSSR count). The van der Waals surface area contributed by atoms with Crippen LogP contribution in [0.5, 0.6) is 5.75 Å². The van der Waals surface area contributed by atoms with Crippen molar-refractivity contribution in [1.29, 1.82) is 0 Å². The predicted octanol–water partition coefficient (Wildman–Crippen LogP) is 0.857. The number of hydrogen-bond acceptors (Lipinski definition) is 8. The van der Waals surface area contributed by atoms with E-state index in [-0.39, 0.29) is 12.4 Å². The highest BCUT2D eigenvalue weighted by molar-refractivity contribution is 5.92. The first-order valence-electron chi connectivity index (χ1n) is 7.32. The summed E-state index contributed by atoms with van der Waals surface area (Å²) < 4.78 is 11.7. The Bertz CT molecular complexity index is 768. The second-order valence-corrected chi connectivity index (χ2v) is 5.23. The van der Waals surface area contributed by atoms with Gasteiger partial charge in [0.25, 0.3) is 0 Å². The SMILES string of the molecule is COCCOC(=O)C1=C(C)Nc2nnnn2C1c1ccc(O)cc1. The molecule has 1 aromatic heterocycles. The first-order chi connectivity index (χ1) is 11.6. The highest BCUT2D eigenvalue weighted by atomic mass is 16.6. The molecule has 2 heterocycles. The van der Waals surface area contributed by atoms with Crippen LogP contribution in [-0.2, 0) is 14.3 Å². The van der Waals surface area contributed by atoms with Gasteiger partial charge in [-0.25, -0.2) is 4.79 Å². The highest BCUT2D eigenvalue weighted by Gasteiger charge is 2.34. The Morgan fingerprint density at radius 3 is 2.79 bits per heavy atom. The molecule has 0 spiro atoms. The molecule has 0 saturated carbocycles. The van der Waals surface area contributed by atoms with Crippen LogP contribution in [-0.4, -0.2) is 51.6 Å². The first kappa shape index (κ1) is 15.9. The normalized spacial score (nSPS) is 16.5. The van der Waals surface area contributed by atoms with Crippen molar-refractivity contribution in [3.63, 3.8) is 0 Å². The number of allylic oxidation sites excluding steroid dienone is 1. The van der Waals surface area contributed by atoms with E-state index < -0.39 is 12.0 Å². The third-order valence-corrected chi connectivity index (χ3v) is 3.66. The van der Waals surface area contributed by atoms with Gasteiger partial charge in [-0.2, -0.15) is 4.68 Å². The number of methoxy groups -OCH3 is 1. The van der Waals surface area contributed by atoms with Crippen molar-refractivity contribution in [3.8, 4) is 5.75 Å². The van der Waals surface area contributed by atoms with Crippen LogP contribution in [0.25, 0.3) is 0 Å². The van der Waals surface area contributed by atoms with E-state index in [1.54, 1.807) is 31.2 Å². The number of phenols is 1. The van der Waals surface area contributed by atoms with Crippen molar-refractivity contribution in [1.82, 2.24) is 20.2 Å². The highest BCUT2D eigenvalue weighted by Crippen LogP contribution is 2.35. The maximum Gasteiger partial charge on any atom is 0.338 e. The van der Waals surface area contributed by atoms with Crippen molar-refractivity contribution in [2.45, 2.75) is 13.0 Å². The summed E-state index contributed by atoms with van der Waals surface area (Å²) >= 11 is 0. The summed E-state index contributed by atoms with van der Waals surface area (Å²) in [5.41, 5.74) is 1.76. The number of nitrogens with one attached hydrogen (secondary N) is 1. The Balaban J connectivity index is 2.00. The van der Waals surface area contributed by atoms with Gasteiger partial charge in [0.1, 0.15) is 18.4 Å². The van der Waals surface area contributed by atoms with E-state index in [1.807, 2.05) is 0 Å². The predicted molar refractivity (Wildman–Crippen MR) is 83.2 cm³/mol. The van der Waals surface area contributed by atoms with Crippen LogP contribution in [0, 0.1) is 0 Å². The van der Waals surface area contributed by atoms with E-state index in [9.17, 15) is 9.90 Å². The molecule has 0 bridgehead atoms. The number of nitrogens with zero attached hydrogens (tertiary/aromatic N) is 4. The third kappa shape index (κ3) is 2.93. The molecule has 9 heteroatoms. The van der Waals surface area contributed by atoms with E-state index in [1.165, 1.54) is 11.8 Å². The Kier molecular flexibility index (Phi) is 4.43. The van der Waals surface area contributed by atoms with E-state index in [4.69, 9.17) is 9.47 Å². The van der Waals surface area contributed by atoms with E-state index in [2.05, 4.69) is 20.8 Å². The Labute approximate surface area is 137 Å².